The van der Waals surface area contributed by atoms with E-state index in [-0.39, 0.29) is 6.42 Å². The van der Waals surface area contributed by atoms with Gasteiger partial charge in [0, 0.05) is 18.3 Å². The molecule has 0 bridgehead atoms. The Morgan fingerprint density at radius 2 is 1.52 bits per heavy atom. The van der Waals surface area contributed by atoms with Gasteiger partial charge in [-0.15, -0.1) is 0 Å². The normalized spacial score (nSPS) is 14.2. The summed E-state index contributed by atoms with van der Waals surface area (Å²) in [6, 6.07) is -6.23. The van der Waals surface area contributed by atoms with Gasteiger partial charge in [0.25, 0.3) is 0 Å². The number of aromatic nitrogens is 2. The number of hydrogen-bond donors (Lipinski definition) is 9. The number of imidazole rings is 1. The highest BCUT2D eigenvalue weighted by Gasteiger charge is 2.32. The van der Waals surface area contributed by atoms with Crippen LogP contribution in [0.3, 0.4) is 0 Å². The van der Waals surface area contributed by atoms with Gasteiger partial charge in [-0.25, -0.2) is 9.78 Å². The molecule has 1 heterocycles. The highest BCUT2D eigenvalue weighted by atomic mass is 16.4. The van der Waals surface area contributed by atoms with Crippen LogP contribution in [0.4, 0.5) is 0 Å². The van der Waals surface area contributed by atoms with Crippen molar-refractivity contribution in [2.75, 3.05) is 6.61 Å². The third-order valence-electron chi connectivity index (χ3n) is 4.18. The Morgan fingerprint density at radius 3 is 2.00 bits per heavy atom. The first-order valence-electron chi connectivity index (χ1n) is 9.42. The summed E-state index contributed by atoms with van der Waals surface area (Å²) in [5.74, 6) is -7.15. The van der Waals surface area contributed by atoms with Crippen LogP contribution >= 0.6 is 0 Å². The number of carbonyl (C=O) groups is 6. The summed E-state index contributed by atoms with van der Waals surface area (Å²) in [5.41, 5.74) is 10.8. The quantitative estimate of drug-likeness (QED) is 0.124. The average Bonchev–Trinajstić information content (AvgIpc) is 3.23. The van der Waals surface area contributed by atoms with E-state index < -0.39 is 79.2 Å². The Balaban J connectivity index is 3.08. The van der Waals surface area contributed by atoms with Gasteiger partial charge >= 0.3 is 11.9 Å². The van der Waals surface area contributed by atoms with Crippen molar-refractivity contribution in [3.8, 4) is 0 Å². The van der Waals surface area contributed by atoms with Crippen molar-refractivity contribution in [2.24, 2.45) is 11.5 Å². The molecule has 0 fully saturated rings. The fourth-order valence-corrected chi connectivity index (χ4v) is 2.52. The van der Waals surface area contributed by atoms with Gasteiger partial charge in [-0.3, -0.25) is 24.0 Å². The Kier molecular flexibility index (Phi) is 10.4. The smallest absolute Gasteiger partial charge is 0.326 e. The molecule has 0 saturated carbocycles. The molecule has 0 aliphatic carbocycles. The van der Waals surface area contributed by atoms with Crippen LogP contribution in [0.15, 0.2) is 12.5 Å². The number of aliphatic hydroxyl groups is 1. The molecule has 0 aliphatic heterocycles. The molecule has 33 heavy (non-hydrogen) atoms. The molecule has 0 aliphatic rings. The van der Waals surface area contributed by atoms with Crippen molar-refractivity contribution in [2.45, 2.75) is 43.4 Å². The zero-order valence-corrected chi connectivity index (χ0v) is 17.2. The largest absolute Gasteiger partial charge is 0.481 e. The van der Waals surface area contributed by atoms with Gasteiger partial charge < -0.3 is 47.7 Å². The molecule has 1 aromatic heterocycles. The molecule has 11 N–H and O–H groups in total. The second kappa shape index (κ2) is 12.7. The molecule has 16 nitrogen and oxygen atoms in total. The molecular weight excluding hydrogens is 446 g/mol. The maximum atomic E-state index is 12.7. The molecule has 1 rings (SSSR count). The Bertz CT molecular complexity index is 874. The minimum absolute atomic E-state index is 0.232. The molecule has 16 heteroatoms. The number of carbonyl (C=O) groups excluding carboxylic acids is 4. The first-order chi connectivity index (χ1) is 15.4. The van der Waals surface area contributed by atoms with E-state index in [4.69, 9.17) is 26.8 Å². The zero-order valence-electron chi connectivity index (χ0n) is 17.2. The third kappa shape index (κ3) is 9.32. The molecule has 4 atom stereocenters. The Hall–Kier alpha value is -4.05. The Morgan fingerprint density at radius 1 is 0.939 bits per heavy atom. The zero-order chi connectivity index (χ0) is 25.1. The molecule has 0 radical (unpaired) electrons. The van der Waals surface area contributed by atoms with E-state index >= 15 is 0 Å². The van der Waals surface area contributed by atoms with Gasteiger partial charge in [0.15, 0.2) is 0 Å². The second-order valence-corrected chi connectivity index (χ2v) is 6.86. The summed E-state index contributed by atoms with van der Waals surface area (Å²) in [4.78, 5) is 77.2. The average molecular weight is 471 g/mol. The lowest BCUT2D eigenvalue weighted by atomic mass is 10.1. The van der Waals surface area contributed by atoms with Gasteiger partial charge in [0.1, 0.15) is 24.2 Å². The first-order valence-corrected chi connectivity index (χ1v) is 9.42. The van der Waals surface area contributed by atoms with Crippen LogP contribution in [0.25, 0.3) is 0 Å². The van der Waals surface area contributed by atoms with E-state index in [1.165, 1.54) is 12.5 Å². The van der Waals surface area contributed by atoms with E-state index in [9.17, 15) is 28.8 Å². The highest BCUT2D eigenvalue weighted by Crippen LogP contribution is 2.03. The number of hydrogen-bond acceptors (Lipinski definition) is 9. The maximum Gasteiger partial charge on any atom is 0.326 e. The van der Waals surface area contributed by atoms with Crippen molar-refractivity contribution < 1.29 is 44.1 Å². The third-order valence-corrected chi connectivity index (χ3v) is 4.18. The lowest BCUT2D eigenvalue weighted by Gasteiger charge is -2.24. The molecule has 4 unspecified atom stereocenters. The van der Waals surface area contributed by atoms with E-state index in [0.717, 1.165) is 0 Å². The topological polar surface area (TPSA) is 280 Å². The number of carboxylic acids is 2. The molecule has 1 aromatic rings. The van der Waals surface area contributed by atoms with Gasteiger partial charge in [-0.05, 0) is 0 Å². The van der Waals surface area contributed by atoms with Gasteiger partial charge in [0.2, 0.25) is 23.6 Å². The monoisotopic (exact) mass is 471 g/mol. The molecule has 0 spiro atoms. The van der Waals surface area contributed by atoms with Crippen LogP contribution in [0.1, 0.15) is 18.5 Å². The molecule has 0 aromatic carbocycles. The number of primary amides is 1. The van der Waals surface area contributed by atoms with E-state index in [1.54, 1.807) is 0 Å². The van der Waals surface area contributed by atoms with Gasteiger partial charge in [-0.2, -0.15) is 0 Å². The van der Waals surface area contributed by atoms with Crippen molar-refractivity contribution in [1.82, 2.24) is 25.9 Å². The van der Waals surface area contributed by atoms with Crippen LogP contribution in [0.2, 0.25) is 0 Å². The molecule has 4 amide bonds. The lowest BCUT2D eigenvalue weighted by Crippen LogP contribution is -2.58. The van der Waals surface area contributed by atoms with Crippen LogP contribution in [0, 0.1) is 0 Å². The minimum atomic E-state index is -1.79. The number of amides is 4. The highest BCUT2D eigenvalue weighted by molar-refractivity contribution is 5.96. The number of nitrogens with one attached hydrogen (secondary N) is 4. The minimum Gasteiger partial charge on any atom is -0.481 e. The number of rotatable bonds is 14. The second-order valence-electron chi connectivity index (χ2n) is 6.86. The number of nitrogens with zero attached hydrogens (tertiary/aromatic N) is 1. The lowest BCUT2D eigenvalue weighted by molar-refractivity contribution is -0.147. The predicted molar refractivity (Wildman–Crippen MR) is 107 cm³/mol. The SMILES string of the molecule is NC(=O)CC(NC(=O)C(N)CO)C(=O)NC(Cc1cnc[nH]1)C(=O)NC(CC(=O)O)C(=O)O. The van der Waals surface area contributed by atoms with Crippen molar-refractivity contribution in [3.05, 3.63) is 18.2 Å². The van der Waals surface area contributed by atoms with E-state index in [0.29, 0.717) is 5.69 Å². The first kappa shape index (κ1) is 27.0. The number of nitrogens with two attached hydrogens (primary N) is 2. The van der Waals surface area contributed by atoms with Crippen LogP contribution in [-0.2, 0) is 35.2 Å². The standard InChI is InChI=1S/C17H25N7O9/c18-8(5-25)14(29)22-10(2-12(19)26)16(31)23-9(1-7-4-20-6-21-7)15(30)24-11(17(32)33)3-13(27)28/h4,6,8-11,25H,1-3,5,18H2,(H2,19,26)(H,20,21)(H,22,29)(H,23,31)(H,24,30)(H,27,28)(H,32,33). The van der Waals surface area contributed by atoms with E-state index in [2.05, 4.69) is 20.6 Å². The van der Waals surface area contributed by atoms with Crippen LogP contribution < -0.4 is 27.4 Å². The van der Waals surface area contributed by atoms with Crippen LogP contribution in [0.5, 0.6) is 0 Å². The fraction of sp³-hybridized carbons (Fsp3) is 0.471. The van der Waals surface area contributed by atoms with Crippen molar-refractivity contribution in [1.29, 1.82) is 0 Å². The molecule has 0 saturated heterocycles. The number of H-pyrrole nitrogens is 1. The summed E-state index contributed by atoms with van der Waals surface area (Å²) in [5, 5.41) is 33.3. The molecular formula is C17H25N7O9. The maximum absolute atomic E-state index is 12.7. The summed E-state index contributed by atoms with van der Waals surface area (Å²) >= 11 is 0. The van der Waals surface area contributed by atoms with Crippen LogP contribution in [-0.4, -0.2) is 91.6 Å². The summed E-state index contributed by atoms with van der Waals surface area (Å²) in [7, 11) is 0. The number of aromatic amines is 1. The van der Waals surface area contributed by atoms with Crippen molar-refractivity contribution in [3.63, 3.8) is 0 Å². The van der Waals surface area contributed by atoms with Crippen molar-refractivity contribution >= 4 is 35.6 Å². The number of carboxylic acid groups (broad SMARTS) is 2. The molecule has 182 valence electrons. The number of aliphatic hydroxyl groups excluding tert-OH is 1. The fourth-order valence-electron chi connectivity index (χ4n) is 2.52. The summed E-state index contributed by atoms with van der Waals surface area (Å²) in [6.45, 7) is -0.748. The summed E-state index contributed by atoms with van der Waals surface area (Å²) < 4.78 is 0. The van der Waals surface area contributed by atoms with Gasteiger partial charge in [-0.1, -0.05) is 0 Å². The Labute approximate surface area is 186 Å². The number of aliphatic carboxylic acids is 2. The van der Waals surface area contributed by atoms with E-state index in [1.807, 2.05) is 5.32 Å². The predicted octanol–water partition coefficient (Wildman–Crippen LogP) is -4.84. The van der Waals surface area contributed by atoms with Gasteiger partial charge in [0.05, 0.1) is 25.8 Å². The summed E-state index contributed by atoms with van der Waals surface area (Å²) in [6.07, 6.45) is 0.769.